The average molecular weight is 468 g/mol. The molecule has 13 heteroatoms. The van der Waals surface area contributed by atoms with Gasteiger partial charge in [-0.25, -0.2) is 9.78 Å². The SMILES string of the molecule is CC(=O)OCC1O[C@@H](OC(C)C)C(OOC2CO[C@H](COC(C)=O)[C@@H](O)C2O)C(O)[C@@H]1O. The second-order valence-electron chi connectivity index (χ2n) is 7.86. The maximum absolute atomic E-state index is 11.1. The molecule has 0 aromatic carbocycles. The van der Waals surface area contributed by atoms with Gasteiger partial charge in [0.1, 0.15) is 55.9 Å². The molecule has 0 aromatic heterocycles. The number of aliphatic hydroxyl groups is 4. The fraction of sp³-hybridized carbons (Fsp3) is 0.895. The van der Waals surface area contributed by atoms with Crippen LogP contribution in [0.2, 0.25) is 0 Å². The van der Waals surface area contributed by atoms with Gasteiger partial charge in [0, 0.05) is 13.8 Å². The summed E-state index contributed by atoms with van der Waals surface area (Å²) in [4.78, 5) is 32.4. The number of esters is 2. The number of hydrogen-bond donors (Lipinski definition) is 4. The lowest BCUT2D eigenvalue weighted by molar-refractivity contribution is -0.438. The highest BCUT2D eigenvalue weighted by Gasteiger charge is 2.48. The standard InChI is InChI=1S/C19H32O13/c1-8(2)29-19-18(17(25)15(23)12(30-19)6-27-10(4)21)32-31-13-7-28-11(5-26-9(3)20)14(22)16(13)24/h8,11-19,22-25H,5-7H2,1-4H3/t11-,12?,13?,14-,15-,16?,17?,18?,19-/m1/s1. The highest BCUT2D eigenvalue weighted by Crippen LogP contribution is 2.27. The largest absolute Gasteiger partial charge is 0.463 e. The molecule has 2 rings (SSSR count). The topological polar surface area (TPSA) is 180 Å². The van der Waals surface area contributed by atoms with Crippen LogP contribution in [0, 0.1) is 0 Å². The van der Waals surface area contributed by atoms with Crippen molar-refractivity contribution in [3.63, 3.8) is 0 Å². The van der Waals surface area contributed by atoms with Crippen LogP contribution in [0.5, 0.6) is 0 Å². The van der Waals surface area contributed by atoms with E-state index >= 15 is 0 Å². The van der Waals surface area contributed by atoms with Crippen molar-refractivity contribution >= 4 is 11.9 Å². The molecule has 0 bridgehead atoms. The fourth-order valence-electron chi connectivity index (χ4n) is 3.14. The van der Waals surface area contributed by atoms with Gasteiger partial charge in [-0.1, -0.05) is 0 Å². The Hall–Kier alpha value is -1.42. The minimum absolute atomic E-state index is 0.221. The van der Waals surface area contributed by atoms with E-state index in [9.17, 15) is 30.0 Å². The van der Waals surface area contributed by atoms with Crippen LogP contribution in [0.15, 0.2) is 0 Å². The number of rotatable bonds is 9. The van der Waals surface area contributed by atoms with Crippen LogP contribution >= 0.6 is 0 Å². The van der Waals surface area contributed by atoms with Crippen LogP contribution in [0.25, 0.3) is 0 Å². The Morgan fingerprint density at radius 1 is 0.875 bits per heavy atom. The van der Waals surface area contributed by atoms with Crippen molar-refractivity contribution in [1.29, 1.82) is 0 Å². The first kappa shape index (κ1) is 26.8. The van der Waals surface area contributed by atoms with Gasteiger partial charge < -0.3 is 44.1 Å². The Morgan fingerprint density at radius 2 is 1.44 bits per heavy atom. The number of hydrogen-bond acceptors (Lipinski definition) is 13. The molecular weight excluding hydrogens is 436 g/mol. The Labute approximate surface area is 185 Å². The van der Waals surface area contributed by atoms with Gasteiger partial charge >= 0.3 is 11.9 Å². The highest BCUT2D eigenvalue weighted by molar-refractivity contribution is 5.66. The van der Waals surface area contributed by atoms with Crippen LogP contribution in [0.1, 0.15) is 27.7 Å². The van der Waals surface area contributed by atoms with Crippen molar-refractivity contribution in [1.82, 2.24) is 0 Å². The molecule has 0 radical (unpaired) electrons. The Bertz CT molecular complexity index is 614. The van der Waals surface area contributed by atoms with Crippen LogP contribution in [-0.4, -0.2) is 113 Å². The van der Waals surface area contributed by atoms with Crippen molar-refractivity contribution in [2.75, 3.05) is 19.8 Å². The predicted octanol–water partition coefficient (Wildman–Crippen LogP) is -2.21. The second kappa shape index (κ2) is 12.2. The van der Waals surface area contributed by atoms with E-state index in [0.717, 1.165) is 0 Å². The fourth-order valence-corrected chi connectivity index (χ4v) is 3.14. The van der Waals surface area contributed by atoms with E-state index in [1.807, 2.05) is 0 Å². The normalized spacial score (nSPS) is 37.8. The molecule has 2 aliphatic rings. The number of ether oxygens (including phenoxy) is 5. The molecule has 5 unspecified atom stereocenters. The quantitative estimate of drug-likeness (QED) is 0.163. The van der Waals surface area contributed by atoms with E-state index in [0.29, 0.717) is 0 Å². The summed E-state index contributed by atoms with van der Waals surface area (Å²) in [5, 5.41) is 41.3. The van der Waals surface area contributed by atoms with Gasteiger partial charge in [0.15, 0.2) is 12.4 Å². The summed E-state index contributed by atoms with van der Waals surface area (Å²) in [6.07, 6.45) is -12.1. The van der Waals surface area contributed by atoms with Gasteiger partial charge in [0.05, 0.1) is 12.7 Å². The van der Waals surface area contributed by atoms with Crippen molar-refractivity contribution in [2.45, 2.75) is 88.9 Å². The summed E-state index contributed by atoms with van der Waals surface area (Å²) in [5.74, 6) is -1.15. The first-order valence-electron chi connectivity index (χ1n) is 10.2. The van der Waals surface area contributed by atoms with E-state index in [2.05, 4.69) is 0 Å². The third-order valence-corrected chi connectivity index (χ3v) is 4.83. The smallest absolute Gasteiger partial charge is 0.302 e. The van der Waals surface area contributed by atoms with Gasteiger partial charge in [-0.3, -0.25) is 9.59 Å². The maximum atomic E-state index is 11.1. The minimum Gasteiger partial charge on any atom is -0.463 e. The van der Waals surface area contributed by atoms with Gasteiger partial charge in [0.2, 0.25) is 0 Å². The molecule has 0 aliphatic carbocycles. The first-order valence-corrected chi connectivity index (χ1v) is 10.2. The molecule has 2 saturated heterocycles. The zero-order valence-electron chi connectivity index (χ0n) is 18.4. The van der Waals surface area contributed by atoms with E-state index in [4.69, 9.17) is 33.5 Å². The van der Waals surface area contributed by atoms with Crippen LogP contribution in [-0.2, 0) is 43.0 Å². The van der Waals surface area contributed by atoms with Crippen LogP contribution < -0.4 is 0 Å². The van der Waals surface area contributed by atoms with Gasteiger partial charge in [-0.2, -0.15) is 0 Å². The zero-order chi connectivity index (χ0) is 24.0. The van der Waals surface area contributed by atoms with Gasteiger partial charge in [0.25, 0.3) is 0 Å². The molecule has 0 amide bonds. The van der Waals surface area contributed by atoms with E-state index in [1.54, 1.807) is 13.8 Å². The number of aliphatic hydroxyl groups excluding tert-OH is 4. The van der Waals surface area contributed by atoms with Crippen LogP contribution in [0.4, 0.5) is 0 Å². The molecule has 13 nitrogen and oxygen atoms in total. The predicted molar refractivity (Wildman–Crippen MR) is 102 cm³/mol. The van der Waals surface area contributed by atoms with Crippen LogP contribution in [0.3, 0.4) is 0 Å². The molecule has 2 fully saturated rings. The van der Waals surface area contributed by atoms with E-state index < -0.39 is 67.1 Å². The molecule has 0 spiro atoms. The third kappa shape index (κ3) is 7.30. The zero-order valence-corrected chi connectivity index (χ0v) is 18.4. The monoisotopic (exact) mass is 468 g/mol. The van der Waals surface area contributed by atoms with E-state index in [-0.39, 0.29) is 25.9 Å². The second-order valence-corrected chi connectivity index (χ2v) is 7.86. The average Bonchev–Trinajstić information content (AvgIpc) is 2.70. The number of carbonyl (C=O) groups is 2. The molecule has 0 saturated carbocycles. The highest BCUT2D eigenvalue weighted by atomic mass is 17.2. The Balaban J connectivity index is 1.98. The molecular formula is C19H32O13. The molecule has 32 heavy (non-hydrogen) atoms. The summed E-state index contributed by atoms with van der Waals surface area (Å²) in [6, 6.07) is 0. The summed E-state index contributed by atoms with van der Waals surface area (Å²) < 4.78 is 26.2. The van der Waals surface area contributed by atoms with Crippen molar-refractivity contribution in [3.8, 4) is 0 Å². The lowest BCUT2D eigenvalue weighted by Gasteiger charge is -2.43. The summed E-state index contributed by atoms with van der Waals surface area (Å²) in [7, 11) is 0. The van der Waals surface area contributed by atoms with Crippen molar-refractivity contribution < 1.29 is 63.5 Å². The molecule has 0 aromatic rings. The molecule has 9 atom stereocenters. The van der Waals surface area contributed by atoms with Crippen molar-refractivity contribution in [3.05, 3.63) is 0 Å². The maximum Gasteiger partial charge on any atom is 0.302 e. The lowest BCUT2D eigenvalue weighted by Crippen LogP contribution is -2.61. The van der Waals surface area contributed by atoms with Gasteiger partial charge in [-0.05, 0) is 13.8 Å². The van der Waals surface area contributed by atoms with Crippen molar-refractivity contribution in [2.24, 2.45) is 0 Å². The molecule has 4 N–H and O–H groups in total. The minimum atomic E-state index is -1.56. The molecule has 186 valence electrons. The summed E-state index contributed by atoms with van der Waals surface area (Å²) in [6.45, 7) is 5.01. The third-order valence-electron chi connectivity index (χ3n) is 4.83. The Kier molecular flexibility index (Phi) is 10.2. The summed E-state index contributed by atoms with van der Waals surface area (Å²) >= 11 is 0. The van der Waals surface area contributed by atoms with E-state index in [1.165, 1.54) is 13.8 Å². The van der Waals surface area contributed by atoms with Gasteiger partial charge in [-0.15, -0.1) is 0 Å². The molecule has 2 heterocycles. The Morgan fingerprint density at radius 3 is 2.00 bits per heavy atom. The molecule has 2 aliphatic heterocycles. The summed E-state index contributed by atoms with van der Waals surface area (Å²) in [5.41, 5.74) is 0. The number of carbonyl (C=O) groups excluding carboxylic acids is 2. The first-order chi connectivity index (χ1) is 15.0. The lowest BCUT2D eigenvalue weighted by atomic mass is 9.99.